The lowest BCUT2D eigenvalue weighted by molar-refractivity contribution is 0.555. The fourth-order valence-electron chi connectivity index (χ4n) is 1.71. The number of hydrogen-bond donors (Lipinski definition) is 2. The highest BCUT2D eigenvalue weighted by Crippen LogP contribution is 2.01. The van der Waals surface area contributed by atoms with Gasteiger partial charge < -0.3 is 10.6 Å². The first-order chi connectivity index (χ1) is 7.41. The van der Waals surface area contributed by atoms with Gasteiger partial charge in [-0.25, -0.2) is 0 Å². The van der Waals surface area contributed by atoms with E-state index in [1.807, 2.05) is 7.05 Å². The summed E-state index contributed by atoms with van der Waals surface area (Å²) in [6, 6.07) is 0. The minimum absolute atomic E-state index is 1.16. The van der Waals surface area contributed by atoms with Crippen LogP contribution in [0.15, 0.2) is 0 Å². The predicted molar refractivity (Wildman–Crippen MR) is 69.4 cm³/mol. The lowest BCUT2D eigenvalue weighted by atomic mass is 10.1. The van der Waals surface area contributed by atoms with Crippen LogP contribution in [-0.4, -0.2) is 26.7 Å². The summed E-state index contributed by atoms with van der Waals surface area (Å²) in [5, 5.41) is 6.70. The largest absolute Gasteiger partial charge is 0.320 e. The number of nitrogens with one attached hydrogen (secondary N) is 2. The zero-order valence-corrected chi connectivity index (χ0v) is 10.8. The van der Waals surface area contributed by atoms with Crippen molar-refractivity contribution < 1.29 is 0 Å². The van der Waals surface area contributed by atoms with Gasteiger partial charge in [0.2, 0.25) is 0 Å². The van der Waals surface area contributed by atoms with Crippen LogP contribution in [0.25, 0.3) is 0 Å². The Balaban J connectivity index is 2.81. The molecule has 0 spiro atoms. The second kappa shape index (κ2) is 13.9. The maximum Gasteiger partial charge on any atom is -0.00489 e. The summed E-state index contributed by atoms with van der Waals surface area (Å²) in [7, 11) is 2.02. The predicted octanol–water partition coefficient (Wildman–Crippen LogP) is 2.94. The van der Waals surface area contributed by atoms with Gasteiger partial charge in [-0.2, -0.15) is 0 Å². The van der Waals surface area contributed by atoms with Crippen molar-refractivity contribution in [2.45, 2.75) is 58.3 Å². The molecule has 0 aliphatic heterocycles. The monoisotopic (exact) mass is 214 g/mol. The van der Waals surface area contributed by atoms with Gasteiger partial charge in [-0.1, -0.05) is 39.0 Å². The van der Waals surface area contributed by atoms with Crippen molar-refractivity contribution in [3.63, 3.8) is 0 Å². The summed E-state index contributed by atoms with van der Waals surface area (Å²) < 4.78 is 0. The lowest BCUT2D eigenvalue weighted by Gasteiger charge is -2.04. The lowest BCUT2D eigenvalue weighted by Crippen LogP contribution is -2.17. The van der Waals surface area contributed by atoms with E-state index in [0.717, 1.165) is 6.54 Å². The highest BCUT2D eigenvalue weighted by atomic mass is 14.8. The highest BCUT2D eigenvalue weighted by Gasteiger charge is 1.90. The van der Waals surface area contributed by atoms with Crippen LogP contribution < -0.4 is 10.6 Å². The summed E-state index contributed by atoms with van der Waals surface area (Å²) in [6.45, 7) is 5.85. The van der Waals surface area contributed by atoms with Crippen LogP contribution in [0.2, 0.25) is 0 Å². The summed E-state index contributed by atoms with van der Waals surface area (Å²) in [5.74, 6) is 0. The van der Waals surface area contributed by atoms with Gasteiger partial charge in [-0.15, -0.1) is 0 Å². The Bertz CT molecular complexity index is 92.7. The zero-order valence-electron chi connectivity index (χ0n) is 10.8. The molecule has 2 nitrogen and oxygen atoms in total. The molecule has 0 heterocycles. The van der Waals surface area contributed by atoms with E-state index in [9.17, 15) is 0 Å². The Hall–Kier alpha value is -0.0800. The molecule has 0 rings (SSSR count). The molecule has 0 saturated heterocycles. The molecule has 0 unspecified atom stereocenters. The van der Waals surface area contributed by atoms with Crippen molar-refractivity contribution in [2.75, 3.05) is 26.7 Å². The van der Waals surface area contributed by atoms with Crippen molar-refractivity contribution in [1.29, 1.82) is 0 Å². The van der Waals surface area contributed by atoms with E-state index in [1.165, 1.54) is 64.5 Å². The van der Waals surface area contributed by atoms with E-state index in [0.29, 0.717) is 0 Å². The third-order valence-electron chi connectivity index (χ3n) is 2.74. The van der Waals surface area contributed by atoms with Crippen molar-refractivity contribution in [2.24, 2.45) is 0 Å². The third-order valence-corrected chi connectivity index (χ3v) is 2.74. The summed E-state index contributed by atoms with van der Waals surface area (Å²) in [6.07, 6.45) is 10.9. The third kappa shape index (κ3) is 13.9. The molecule has 0 aromatic carbocycles. The van der Waals surface area contributed by atoms with E-state index >= 15 is 0 Å². The Kier molecular flexibility index (Phi) is 13.8. The van der Waals surface area contributed by atoms with Gasteiger partial charge in [0.1, 0.15) is 0 Å². The second-order valence-electron chi connectivity index (χ2n) is 4.33. The highest BCUT2D eigenvalue weighted by molar-refractivity contribution is 4.51. The molecule has 0 atom stereocenters. The minimum atomic E-state index is 1.16. The minimum Gasteiger partial charge on any atom is -0.320 e. The smallest absolute Gasteiger partial charge is 0.00489 e. The SMILES string of the molecule is CCCCCCCNCCCCCNC. The van der Waals surface area contributed by atoms with E-state index in [1.54, 1.807) is 0 Å². The van der Waals surface area contributed by atoms with Crippen molar-refractivity contribution in [3.8, 4) is 0 Å². The van der Waals surface area contributed by atoms with Gasteiger partial charge in [0.05, 0.1) is 0 Å². The quantitative estimate of drug-likeness (QED) is 0.488. The molecule has 0 fully saturated rings. The molecule has 15 heavy (non-hydrogen) atoms. The van der Waals surface area contributed by atoms with Crippen LogP contribution in [0.5, 0.6) is 0 Å². The maximum absolute atomic E-state index is 3.52. The second-order valence-corrected chi connectivity index (χ2v) is 4.33. The van der Waals surface area contributed by atoms with E-state index < -0.39 is 0 Å². The van der Waals surface area contributed by atoms with Crippen molar-refractivity contribution in [3.05, 3.63) is 0 Å². The first kappa shape index (κ1) is 14.9. The fourth-order valence-corrected chi connectivity index (χ4v) is 1.71. The summed E-state index contributed by atoms with van der Waals surface area (Å²) in [5.41, 5.74) is 0. The first-order valence-electron chi connectivity index (χ1n) is 6.77. The maximum atomic E-state index is 3.52. The van der Waals surface area contributed by atoms with Crippen LogP contribution in [0.1, 0.15) is 58.3 Å². The van der Waals surface area contributed by atoms with Gasteiger partial charge in [-0.05, 0) is 45.9 Å². The van der Waals surface area contributed by atoms with Gasteiger partial charge in [0, 0.05) is 0 Å². The topological polar surface area (TPSA) is 24.1 Å². The van der Waals surface area contributed by atoms with E-state index in [4.69, 9.17) is 0 Å². The normalized spacial score (nSPS) is 10.8. The zero-order chi connectivity index (χ0) is 11.2. The van der Waals surface area contributed by atoms with E-state index in [-0.39, 0.29) is 0 Å². The molecule has 0 aromatic heterocycles. The van der Waals surface area contributed by atoms with Crippen LogP contribution >= 0.6 is 0 Å². The Morgan fingerprint density at radius 2 is 1.20 bits per heavy atom. The molecular weight excluding hydrogens is 184 g/mol. The molecule has 2 N–H and O–H groups in total. The molecule has 0 amide bonds. The average Bonchev–Trinajstić information content (AvgIpc) is 2.26. The van der Waals surface area contributed by atoms with Crippen LogP contribution in [0.3, 0.4) is 0 Å². The van der Waals surface area contributed by atoms with Gasteiger partial charge >= 0.3 is 0 Å². The Morgan fingerprint density at radius 1 is 0.667 bits per heavy atom. The van der Waals surface area contributed by atoms with Gasteiger partial charge in [0.25, 0.3) is 0 Å². The van der Waals surface area contributed by atoms with Crippen LogP contribution in [0, 0.1) is 0 Å². The number of rotatable bonds is 12. The molecule has 0 bridgehead atoms. The Labute approximate surface area is 96.2 Å². The van der Waals surface area contributed by atoms with Gasteiger partial charge in [-0.3, -0.25) is 0 Å². The molecule has 0 aromatic rings. The number of hydrogen-bond acceptors (Lipinski definition) is 2. The van der Waals surface area contributed by atoms with Crippen LogP contribution in [-0.2, 0) is 0 Å². The molecule has 92 valence electrons. The summed E-state index contributed by atoms with van der Waals surface area (Å²) >= 11 is 0. The average molecular weight is 214 g/mol. The molecule has 0 aliphatic rings. The van der Waals surface area contributed by atoms with Crippen LogP contribution in [0.4, 0.5) is 0 Å². The molecule has 0 saturated carbocycles. The van der Waals surface area contributed by atoms with Crippen molar-refractivity contribution >= 4 is 0 Å². The Morgan fingerprint density at radius 3 is 1.80 bits per heavy atom. The summed E-state index contributed by atoms with van der Waals surface area (Å²) in [4.78, 5) is 0. The van der Waals surface area contributed by atoms with E-state index in [2.05, 4.69) is 17.6 Å². The molecule has 2 heteroatoms. The fraction of sp³-hybridized carbons (Fsp3) is 1.00. The standard InChI is InChI=1S/C13H30N2/c1-3-4-5-6-9-12-15-13-10-7-8-11-14-2/h14-15H,3-13H2,1-2H3. The molecular formula is C13H30N2. The molecule has 0 aliphatic carbocycles. The first-order valence-corrected chi connectivity index (χ1v) is 6.77. The van der Waals surface area contributed by atoms with Gasteiger partial charge in [0.15, 0.2) is 0 Å². The number of unbranched alkanes of at least 4 members (excludes halogenated alkanes) is 6. The van der Waals surface area contributed by atoms with Crippen molar-refractivity contribution in [1.82, 2.24) is 10.6 Å². The molecule has 0 radical (unpaired) electrons.